The second-order valence-corrected chi connectivity index (χ2v) is 5.59. The highest BCUT2D eigenvalue weighted by atomic mass is 79.9. The Bertz CT molecular complexity index is 452. The van der Waals surface area contributed by atoms with Crippen molar-refractivity contribution in [1.82, 2.24) is 5.32 Å². The SMILES string of the molecule is CC(N)CCC(=O)NCCC(=O)Nc1ccc(Br)cc1.Cl. The molecule has 0 aliphatic rings. The van der Waals surface area contributed by atoms with Crippen LogP contribution in [0.25, 0.3) is 0 Å². The topological polar surface area (TPSA) is 84.2 Å². The Hall–Kier alpha value is -1.11. The fraction of sp³-hybridized carbons (Fsp3) is 0.429. The fourth-order valence-electron chi connectivity index (χ4n) is 1.52. The Morgan fingerprint density at radius 3 is 2.38 bits per heavy atom. The Morgan fingerprint density at radius 1 is 1.19 bits per heavy atom. The molecule has 1 aromatic rings. The van der Waals surface area contributed by atoms with Crippen LogP contribution in [0.4, 0.5) is 5.69 Å². The fourth-order valence-corrected chi connectivity index (χ4v) is 1.78. The molecule has 1 aromatic carbocycles. The number of nitrogens with two attached hydrogens (primary N) is 1. The number of halogens is 2. The molecule has 5 nitrogen and oxygen atoms in total. The van der Waals surface area contributed by atoms with E-state index >= 15 is 0 Å². The first-order chi connectivity index (χ1) is 9.47. The summed E-state index contributed by atoms with van der Waals surface area (Å²) in [4.78, 5) is 23.1. The lowest BCUT2D eigenvalue weighted by Crippen LogP contribution is -2.29. The van der Waals surface area contributed by atoms with Gasteiger partial charge in [0.2, 0.25) is 11.8 Å². The molecule has 0 saturated carbocycles. The first-order valence-electron chi connectivity index (χ1n) is 6.55. The van der Waals surface area contributed by atoms with Gasteiger partial charge in [0.15, 0.2) is 0 Å². The molecule has 0 saturated heterocycles. The highest BCUT2D eigenvalue weighted by molar-refractivity contribution is 9.10. The van der Waals surface area contributed by atoms with E-state index in [-0.39, 0.29) is 36.7 Å². The number of hydrogen-bond donors (Lipinski definition) is 3. The molecular formula is C14H21BrClN3O2. The van der Waals surface area contributed by atoms with E-state index in [0.29, 0.717) is 19.4 Å². The van der Waals surface area contributed by atoms with Gasteiger partial charge in [-0.05, 0) is 37.6 Å². The minimum Gasteiger partial charge on any atom is -0.356 e. The van der Waals surface area contributed by atoms with Gasteiger partial charge in [0.05, 0.1) is 0 Å². The summed E-state index contributed by atoms with van der Waals surface area (Å²) in [6.45, 7) is 2.19. The summed E-state index contributed by atoms with van der Waals surface area (Å²) in [5, 5.41) is 5.46. The maximum atomic E-state index is 11.7. The van der Waals surface area contributed by atoms with Gasteiger partial charge in [0, 0.05) is 35.6 Å². The standard InChI is InChI=1S/C14H20BrN3O2.ClH/c1-10(16)2-7-13(19)17-9-8-14(20)18-12-5-3-11(15)4-6-12;/h3-6,10H,2,7-9,16H2,1H3,(H,17,19)(H,18,20);1H. The van der Waals surface area contributed by atoms with E-state index in [1.54, 1.807) is 0 Å². The van der Waals surface area contributed by atoms with Crippen LogP contribution in [0.1, 0.15) is 26.2 Å². The zero-order chi connectivity index (χ0) is 15.0. The number of amides is 2. The zero-order valence-electron chi connectivity index (χ0n) is 11.9. The minimum atomic E-state index is -0.125. The van der Waals surface area contributed by atoms with Crippen molar-refractivity contribution >= 4 is 45.8 Å². The first kappa shape index (κ1) is 19.9. The van der Waals surface area contributed by atoms with Gasteiger partial charge in [-0.3, -0.25) is 9.59 Å². The lowest BCUT2D eigenvalue weighted by atomic mass is 10.2. The van der Waals surface area contributed by atoms with Crippen molar-refractivity contribution in [2.75, 3.05) is 11.9 Å². The van der Waals surface area contributed by atoms with E-state index in [2.05, 4.69) is 26.6 Å². The Balaban J connectivity index is 0.00000400. The predicted molar refractivity (Wildman–Crippen MR) is 90.5 cm³/mol. The summed E-state index contributed by atoms with van der Waals surface area (Å²) >= 11 is 3.33. The molecule has 0 aliphatic carbocycles. The van der Waals surface area contributed by atoms with Gasteiger partial charge >= 0.3 is 0 Å². The Labute approximate surface area is 139 Å². The molecule has 0 radical (unpaired) electrons. The number of rotatable bonds is 7. The van der Waals surface area contributed by atoms with Crippen molar-refractivity contribution in [2.24, 2.45) is 5.73 Å². The van der Waals surface area contributed by atoms with Crippen LogP contribution >= 0.6 is 28.3 Å². The molecule has 118 valence electrons. The quantitative estimate of drug-likeness (QED) is 0.681. The van der Waals surface area contributed by atoms with E-state index in [4.69, 9.17) is 5.73 Å². The summed E-state index contributed by atoms with van der Waals surface area (Å²) in [5.41, 5.74) is 6.30. The van der Waals surface area contributed by atoms with Gasteiger partial charge in [-0.25, -0.2) is 0 Å². The average Bonchev–Trinajstić information content (AvgIpc) is 2.39. The van der Waals surface area contributed by atoms with Gasteiger partial charge in [-0.1, -0.05) is 15.9 Å². The molecule has 7 heteroatoms. The van der Waals surface area contributed by atoms with Gasteiger partial charge in [-0.15, -0.1) is 12.4 Å². The Kier molecular flexibility index (Phi) is 10.0. The number of anilines is 1. The average molecular weight is 379 g/mol. The number of carbonyl (C=O) groups excluding carboxylic acids is 2. The van der Waals surface area contributed by atoms with Crippen LogP contribution < -0.4 is 16.4 Å². The van der Waals surface area contributed by atoms with E-state index in [1.807, 2.05) is 31.2 Å². The lowest BCUT2D eigenvalue weighted by molar-refractivity contribution is -0.121. The van der Waals surface area contributed by atoms with Gasteiger partial charge < -0.3 is 16.4 Å². The van der Waals surface area contributed by atoms with Crippen molar-refractivity contribution in [2.45, 2.75) is 32.2 Å². The van der Waals surface area contributed by atoms with Crippen LogP contribution in [-0.4, -0.2) is 24.4 Å². The molecule has 0 spiro atoms. The third kappa shape index (κ3) is 9.44. The highest BCUT2D eigenvalue weighted by Crippen LogP contribution is 2.14. The van der Waals surface area contributed by atoms with Gasteiger partial charge in [0.25, 0.3) is 0 Å². The number of hydrogen-bond acceptors (Lipinski definition) is 3. The number of carbonyl (C=O) groups is 2. The number of nitrogens with one attached hydrogen (secondary N) is 2. The normalized spacial score (nSPS) is 11.2. The zero-order valence-corrected chi connectivity index (χ0v) is 14.3. The van der Waals surface area contributed by atoms with Crippen molar-refractivity contribution in [3.05, 3.63) is 28.7 Å². The summed E-state index contributed by atoms with van der Waals surface area (Å²) in [6.07, 6.45) is 1.29. The summed E-state index contributed by atoms with van der Waals surface area (Å²) < 4.78 is 0.955. The largest absolute Gasteiger partial charge is 0.356 e. The first-order valence-corrected chi connectivity index (χ1v) is 7.34. The van der Waals surface area contributed by atoms with Crippen molar-refractivity contribution in [3.8, 4) is 0 Å². The molecule has 0 bridgehead atoms. The van der Waals surface area contributed by atoms with Crippen LogP contribution in [0.3, 0.4) is 0 Å². The van der Waals surface area contributed by atoms with E-state index in [0.717, 1.165) is 10.2 Å². The molecule has 2 amide bonds. The minimum absolute atomic E-state index is 0. The molecule has 21 heavy (non-hydrogen) atoms. The second-order valence-electron chi connectivity index (χ2n) is 4.67. The van der Waals surface area contributed by atoms with Crippen LogP contribution in [0.5, 0.6) is 0 Å². The molecule has 0 fully saturated rings. The van der Waals surface area contributed by atoms with Crippen molar-refractivity contribution < 1.29 is 9.59 Å². The van der Waals surface area contributed by atoms with Crippen LogP contribution in [0.2, 0.25) is 0 Å². The van der Waals surface area contributed by atoms with Gasteiger partial charge in [0.1, 0.15) is 0 Å². The monoisotopic (exact) mass is 377 g/mol. The molecule has 0 aromatic heterocycles. The lowest BCUT2D eigenvalue weighted by Gasteiger charge is -2.08. The summed E-state index contributed by atoms with van der Waals surface area (Å²) in [7, 11) is 0. The predicted octanol–water partition coefficient (Wildman–Crippen LogP) is 2.44. The number of benzene rings is 1. The third-order valence-corrected chi connectivity index (χ3v) is 3.16. The second kappa shape index (κ2) is 10.6. The molecule has 4 N–H and O–H groups in total. The maximum absolute atomic E-state index is 11.7. The molecule has 1 rings (SSSR count). The molecule has 1 unspecified atom stereocenters. The molecular weight excluding hydrogens is 358 g/mol. The molecule has 0 heterocycles. The van der Waals surface area contributed by atoms with Crippen molar-refractivity contribution in [3.63, 3.8) is 0 Å². The van der Waals surface area contributed by atoms with Crippen molar-refractivity contribution in [1.29, 1.82) is 0 Å². The highest BCUT2D eigenvalue weighted by Gasteiger charge is 2.05. The Morgan fingerprint density at radius 2 is 1.81 bits per heavy atom. The third-order valence-electron chi connectivity index (χ3n) is 2.63. The van der Waals surface area contributed by atoms with Crippen LogP contribution in [-0.2, 0) is 9.59 Å². The van der Waals surface area contributed by atoms with E-state index < -0.39 is 0 Å². The van der Waals surface area contributed by atoms with E-state index in [1.165, 1.54) is 0 Å². The van der Waals surface area contributed by atoms with Crippen LogP contribution in [0.15, 0.2) is 28.7 Å². The van der Waals surface area contributed by atoms with E-state index in [9.17, 15) is 9.59 Å². The maximum Gasteiger partial charge on any atom is 0.226 e. The summed E-state index contributed by atoms with van der Waals surface area (Å²) in [6, 6.07) is 7.34. The van der Waals surface area contributed by atoms with Gasteiger partial charge in [-0.2, -0.15) is 0 Å². The van der Waals surface area contributed by atoms with Crippen LogP contribution in [0, 0.1) is 0 Å². The molecule has 0 aliphatic heterocycles. The smallest absolute Gasteiger partial charge is 0.226 e. The molecule has 1 atom stereocenters. The summed E-state index contributed by atoms with van der Waals surface area (Å²) in [5.74, 6) is -0.196.